The van der Waals surface area contributed by atoms with Crippen molar-refractivity contribution in [3.63, 3.8) is 0 Å². The van der Waals surface area contributed by atoms with E-state index in [1.165, 1.54) is 18.6 Å². The summed E-state index contributed by atoms with van der Waals surface area (Å²) in [7, 11) is -4.48. The molecule has 6 nitrogen and oxygen atoms in total. The molecule has 0 bridgehead atoms. The Kier molecular flexibility index (Phi) is 5.79. The van der Waals surface area contributed by atoms with Crippen LogP contribution in [-0.4, -0.2) is 19.5 Å². The Morgan fingerprint density at radius 1 is 1.38 bits per heavy atom. The Hall–Kier alpha value is -1.31. The van der Waals surface area contributed by atoms with Gasteiger partial charge in [0.2, 0.25) is 0 Å². The SMILES string of the molecule is CCC[NH3+].Nc1ccc(S(=O)(=O)[O-])c(N)c1. The molecule has 0 amide bonds. The molecule has 0 aliphatic heterocycles. The van der Waals surface area contributed by atoms with Gasteiger partial charge in [0, 0.05) is 5.69 Å². The van der Waals surface area contributed by atoms with Crippen molar-refractivity contribution >= 4 is 21.5 Å². The van der Waals surface area contributed by atoms with Crippen molar-refractivity contribution < 1.29 is 18.7 Å². The van der Waals surface area contributed by atoms with Crippen LogP contribution in [0.5, 0.6) is 0 Å². The molecule has 1 rings (SSSR count). The van der Waals surface area contributed by atoms with Gasteiger partial charge in [-0.1, -0.05) is 6.92 Å². The third-order valence-electron chi connectivity index (χ3n) is 1.66. The molecule has 0 saturated carbocycles. The number of rotatable bonds is 2. The molecule has 7 N–H and O–H groups in total. The second-order valence-corrected chi connectivity index (χ2v) is 4.45. The van der Waals surface area contributed by atoms with Crippen molar-refractivity contribution in [3.8, 4) is 0 Å². The summed E-state index contributed by atoms with van der Waals surface area (Å²) in [6.45, 7) is 3.19. The second-order valence-electron chi connectivity index (χ2n) is 3.10. The van der Waals surface area contributed by atoms with Crippen molar-refractivity contribution in [3.05, 3.63) is 18.2 Å². The van der Waals surface area contributed by atoms with Crippen LogP contribution >= 0.6 is 0 Å². The average Bonchev–Trinajstić information content (AvgIpc) is 2.16. The molecule has 0 heterocycles. The molecule has 0 aliphatic rings. The first kappa shape index (κ1) is 14.7. The smallest absolute Gasteiger partial charge is 0.126 e. The van der Waals surface area contributed by atoms with Crippen LogP contribution in [0.3, 0.4) is 0 Å². The van der Waals surface area contributed by atoms with Crippen molar-refractivity contribution in [1.29, 1.82) is 0 Å². The number of quaternary nitrogens is 1. The van der Waals surface area contributed by atoms with Gasteiger partial charge in [-0.3, -0.25) is 0 Å². The van der Waals surface area contributed by atoms with Crippen LogP contribution in [-0.2, 0) is 10.1 Å². The summed E-state index contributed by atoms with van der Waals surface area (Å²) in [5, 5.41) is 0. The van der Waals surface area contributed by atoms with Gasteiger partial charge >= 0.3 is 0 Å². The number of hydrogen-bond donors (Lipinski definition) is 3. The van der Waals surface area contributed by atoms with Crippen LogP contribution in [0.25, 0.3) is 0 Å². The lowest BCUT2D eigenvalue weighted by Crippen LogP contribution is -2.49. The normalized spacial score (nSPS) is 10.4. The van der Waals surface area contributed by atoms with E-state index >= 15 is 0 Å². The largest absolute Gasteiger partial charge is 0.744 e. The number of benzene rings is 1. The number of nitrogens with two attached hydrogens (primary N) is 2. The maximum atomic E-state index is 10.5. The molecular formula is C9H17N3O3S. The molecule has 0 aliphatic carbocycles. The van der Waals surface area contributed by atoms with Gasteiger partial charge in [-0.15, -0.1) is 0 Å². The first-order valence-corrected chi connectivity index (χ1v) is 6.13. The quantitative estimate of drug-likeness (QED) is 0.473. The third-order valence-corrected chi connectivity index (χ3v) is 2.57. The van der Waals surface area contributed by atoms with Crippen LogP contribution in [0, 0.1) is 0 Å². The Morgan fingerprint density at radius 2 is 1.88 bits per heavy atom. The molecule has 0 aromatic heterocycles. The number of hydrogen-bond acceptors (Lipinski definition) is 5. The Labute approximate surface area is 95.2 Å². The summed E-state index contributed by atoms with van der Waals surface area (Å²) in [5.41, 5.74) is 14.3. The maximum Gasteiger partial charge on any atom is 0.126 e. The van der Waals surface area contributed by atoms with E-state index in [0.29, 0.717) is 5.69 Å². The van der Waals surface area contributed by atoms with Crippen molar-refractivity contribution in [1.82, 2.24) is 0 Å². The van der Waals surface area contributed by atoms with Crippen LogP contribution < -0.4 is 17.2 Å². The molecule has 0 spiro atoms. The summed E-state index contributed by atoms with van der Waals surface area (Å²) in [5.74, 6) is 0. The Balaban J connectivity index is 0.000000487. The van der Waals surface area contributed by atoms with Crippen LogP contribution in [0.1, 0.15) is 13.3 Å². The molecule has 1 aromatic carbocycles. The molecule has 0 fully saturated rings. The van der Waals surface area contributed by atoms with E-state index in [1.807, 2.05) is 0 Å². The first-order chi connectivity index (χ1) is 7.32. The van der Waals surface area contributed by atoms with E-state index in [4.69, 9.17) is 11.5 Å². The monoisotopic (exact) mass is 247 g/mol. The van der Waals surface area contributed by atoms with Crippen molar-refractivity contribution in [2.75, 3.05) is 18.0 Å². The minimum absolute atomic E-state index is 0.120. The van der Waals surface area contributed by atoms with Crippen molar-refractivity contribution in [2.45, 2.75) is 18.2 Å². The topological polar surface area (TPSA) is 137 Å². The van der Waals surface area contributed by atoms with Gasteiger partial charge in [-0.05, 0) is 24.6 Å². The number of nitrogen functional groups attached to an aromatic ring is 2. The van der Waals surface area contributed by atoms with E-state index in [9.17, 15) is 13.0 Å². The third kappa shape index (κ3) is 4.96. The molecule has 1 aromatic rings. The van der Waals surface area contributed by atoms with Gasteiger partial charge in [0.15, 0.2) is 0 Å². The molecular weight excluding hydrogens is 230 g/mol. The van der Waals surface area contributed by atoms with E-state index in [2.05, 4.69) is 12.7 Å². The highest BCUT2D eigenvalue weighted by atomic mass is 32.2. The summed E-state index contributed by atoms with van der Waals surface area (Å²) < 4.78 is 31.5. The second kappa shape index (κ2) is 6.31. The van der Waals surface area contributed by atoms with Gasteiger partial charge in [0.1, 0.15) is 10.1 Å². The molecule has 0 unspecified atom stereocenters. The predicted octanol–water partition coefficient (Wildman–Crippen LogP) is -0.607. The standard InChI is InChI=1S/C6H8N2O3S.C3H9N/c7-4-1-2-6(5(8)3-4)12(9,10)11;1-2-3-4/h1-3H,7-8H2,(H,9,10,11);2-4H2,1H3. The zero-order valence-electron chi connectivity index (χ0n) is 9.14. The lowest BCUT2D eigenvalue weighted by molar-refractivity contribution is -0.367. The van der Waals surface area contributed by atoms with E-state index in [-0.39, 0.29) is 5.69 Å². The maximum absolute atomic E-state index is 10.5. The summed E-state index contributed by atoms with van der Waals surface area (Å²) in [6.07, 6.45) is 1.21. The first-order valence-electron chi connectivity index (χ1n) is 4.73. The zero-order chi connectivity index (χ0) is 12.8. The highest BCUT2D eigenvalue weighted by molar-refractivity contribution is 7.86. The Morgan fingerprint density at radius 3 is 2.19 bits per heavy atom. The lowest BCUT2D eigenvalue weighted by atomic mass is 10.3. The minimum atomic E-state index is -4.48. The van der Waals surface area contributed by atoms with Gasteiger partial charge in [0.05, 0.1) is 17.1 Å². The van der Waals surface area contributed by atoms with Crippen molar-refractivity contribution in [2.24, 2.45) is 0 Å². The fourth-order valence-corrected chi connectivity index (χ4v) is 1.38. The van der Waals surface area contributed by atoms with Crippen LogP contribution in [0.2, 0.25) is 0 Å². The van der Waals surface area contributed by atoms with Gasteiger partial charge in [-0.25, -0.2) is 8.42 Å². The van der Waals surface area contributed by atoms with Gasteiger partial charge in [-0.2, -0.15) is 0 Å². The summed E-state index contributed by atoms with van der Waals surface area (Å²) in [4.78, 5) is -0.434. The van der Waals surface area contributed by atoms with E-state index in [0.717, 1.165) is 12.6 Å². The van der Waals surface area contributed by atoms with Gasteiger partial charge < -0.3 is 21.8 Å². The van der Waals surface area contributed by atoms with E-state index in [1.54, 1.807) is 0 Å². The Bertz CT molecular complexity index is 430. The summed E-state index contributed by atoms with van der Waals surface area (Å²) >= 11 is 0. The average molecular weight is 247 g/mol. The molecule has 0 radical (unpaired) electrons. The van der Waals surface area contributed by atoms with Gasteiger partial charge in [0.25, 0.3) is 0 Å². The molecule has 92 valence electrons. The zero-order valence-corrected chi connectivity index (χ0v) is 9.96. The highest BCUT2D eigenvalue weighted by Crippen LogP contribution is 2.19. The molecule has 0 saturated heterocycles. The lowest BCUT2D eigenvalue weighted by Gasteiger charge is -2.09. The van der Waals surface area contributed by atoms with Crippen LogP contribution in [0.4, 0.5) is 11.4 Å². The molecule has 7 heteroatoms. The fourth-order valence-electron chi connectivity index (χ4n) is 0.795. The molecule has 0 atom stereocenters. The predicted molar refractivity (Wildman–Crippen MR) is 61.3 cm³/mol. The summed E-state index contributed by atoms with van der Waals surface area (Å²) in [6, 6.07) is 3.62. The molecule has 16 heavy (non-hydrogen) atoms. The van der Waals surface area contributed by atoms with E-state index < -0.39 is 15.0 Å². The fraction of sp³-hybridized carbons (Fsp3) is 0.333. The van der Waals surface area contributed by atoms with Crippen LogP contribution in [0.15, 0.2) is 23.1 Å². The minimum Gasteiger partial charge on any atom is -0.744 e. The number of anilines is 2. The highest BCUT2D eigenvalue weighted by Gasteiger charge is 2.05.